The van der Waals surface area contributed by atoms with Crippen LogP contribution < -0.4 is 5.32 Å². The zero-order chi connectivity index (χ0) is 18.6. The third kappa shape index (κ3) is 17.8. The van der Waals surface area contributed by atoms with E-state index in [0.29, 0.717) is 6.42 Å². The Labute approximate surface area is 156 Å². The maximum absolute atomic E-state index is 11.8. The minimum atomic E-state index is -0.0544. The van der Waals surface area contributed by atoms with Crippen molar-refractivity contribution in [2.75, 3.05) is 6.61 Å². The summed E-state index contributed by atoms with van der Waals surface area (Å²) in [5, 5.41) is 12.2. The summed E-state index contributed by atoms with van der Waals surface area (Å²) in [6.45, 7) is 4.43. The molecular weight excluding hydrogens is 310 g/mol. The maximum atomic E-state index is 11.8. The fourth-order valence-corrected chi connectivity index (χ4v) is 2.96. The molecule has 0 bridgehead atoms. The van der Waals surface area contributed by atoms with Gasteiger partial charge in [-0.1, -0.05) is 77.4 Å². The van der Waals surface area contributed by atoms with Crippen molar-refractivity contribution in [3.8, 4) is 0 Å². The van der Waals surface area contributed by atoms with Crippen molar-refractivity contribution < 1.29 is 9.90 Å². The number of unbranched alkanes of at least 4 members (excludes halogenated alkanes) is 10. The van der Waals surface area contributed by atoms with Crippen LogP contribution in [0.15, 0.2) is 12.2 Å². The number of allylic oxidation sites excluding steroid dienone is 2. The van der Waals surface area contributed by atoms with Crippen molar-refractivity contribution in [3.05, 3.63) is 12.2 Å². The number of amides is 1. The summed E-state index contributed by atoms with van der Waals surface area (Å²) in [4.78, 5) is 11.8. The van der Waals surface area contributed by atoms with E-state index in [4.69, 9.17) is 0 Å². The van der Waals surface area contributed by atoms with Gasteiger partial charge in [-0.3, -0.25) is 4.79 Å². The second-order valence-corrected chi connectivity index (χ2v) is 7.22. The molecule has 0 spiro atoms. The van der Waals surface area contributed by atoms with E-state index in [2.05, 4.69) is 31.3 Å². The lowest BCUT2D eigenvalue weighted by atomic mass is 10.1. The highest BCUT2D eigenvalue weighted by Gasteiger charge is 2.10. The zero-order valence-electron chi connectivity index (χ0n) is 16.9. The van der Waals surface area contributed by atoms with Gasteiger partial charge < -0.3 is 10.4 Å². The molecule has 0 saturated carbocycles. The molecule has 0 saturated heterocycles. The summed E-state index contributed by atoms with van der Waals surface area (Å²) in [5.74, 6) is 0.0983. The second-order valence-electron chi connectivity index (χ2n) is 7.22. The van der Waals surface area contributed by atoms with Gasteiger partial charge in [0.05, 0.1) is 12.6 Å². The van der Waals surface area contributed by atoms with Crippen LogP contribution in [-0.4, -0.2) is 23.7 Å². The predicted molar refractivity (Wildman–Crippen MR) is 109 cm³/mol. The number of hydrogen-bond acceptors (Lipinski definition) is 2. The first-order chi connectivity index (χ1) is 12.2. The topological polar surface area (TPSA) is 49.3 Å². The highest BCUT2D eigenvalue weighted by Crippen LogP contribution is 2.09. The number of hydrogen-bond donors (Lipinski definition) is 2. The number of aliphatic hydroxyl groups is 1. The number of rotatable bonds is 18. The molecule has 0 radical (unpaired) electrons. The minimum absolute atomic E-state index is 0.0534. The third-order valence-corrected chi connectivity index (χ3v) is 4.66. The summed E-state index contributed by atoms with van der Waals surface area (Å²) in [6.07, 6.45) is 22.0. The highest BCUT2D eigenvalue weighted by atomic mass is 16.3. The van der Waals surface area contributed by atoms with Gasteiger partial charge in [-0.2, -0.15) is 0 Å². The number of nitrogens with one attached hydrogen (secondary N) is 1. The number of carbonyl (C=O) groups excluding carboxylic acids is 1. The van der Waals surface area contributed by atoms with Crippen LogP contribution in [0.5, 0.6) is 0 Å². The molecule has 0 heterocycles. The van der Waals surface area contributed by atoms with Crippen LogP contribution in [0.3, 0.4) is 0 Å². The molecule has 1 unspecified atom stereocenters. The monoisotopic (exact) mass is 353 g/mol. The average Bonchev–Trinajstić information content (AvgIpc) is 2.62. The lowest BCUT2D eigenvalue weighted by Crippen LogP contribution is -2.37. The first-order valence-electron chi connectivity index (χ1n) is 10.8. The summed E-state index contributed by atoms with van der Waals surface area (Å²) in [6, 6.07) is -0.0544. The van der Waals surface area contributed by atoms with Crippen molar-refractivity contribution in [1.29, 1.82) is 0 Å². The molecule has 0 aromatic rings. The molecule has 2 N–H and O–H groups in total. The van der Waals surface area contributed by atoms with Crippen molar-refractivity contribution in [3.63, 3.8) is 0 Å². The van der Waals surface area contributed by atoms with Gasteiger partial charge in [0, 0.05) is 6.42 Å². The molecule has 3 heteroatoms. The minimum Gasteiger partial charge on any atom is -0.394 e. The first kappa shape index (κ1) is 24.2. The van der Waals surface area contributed by atoms with Crippen LogP contribution in [0.25, 0.3) is 0 Å². The van der Waals surface area contributed by atoms with Gasteiger partial charge in [-0.05, 0) is 38.5 Å². The molecule has 0 fully saturated rings. The first-order valence-corrected chi connectivity index (χ1v) is 10.8. The van der Waals surface area contributed by atoms with E-state index in [-0.39, 0.29) is 18.6 Å². The normalized spacial score (nSPS) is 12.6. The lowest BCUT2D eigenvalue weighted by molar-refractivity contribution is -0.122. The average molecular weight is 354 g/mol. The molecule has 0 aromatic carbocycles. The fraction of sp³-hybridized carbons (Fsp3) is 0.864. The fourth-order valence-electron chi connectivity index (χ4n) is 2.96. The Morgan fingerprint density at radius 3 is 2.00 bits per heavy atom. The lowest BCUT2D eigenvalue weighted by Gasteiger charge is -2.15. The number of carbonyl (C=O) groups is 1. The van der Waals surface area contributed by atoms with E-state index < -0.39 is 0 Å². The van der Waals surface area contributed by atoms with Crippen LogP contribution in [0.1, 0.15) is 110 Å². The molecule has 1 amide bonds. The van der Waals surface area contributed by atoms with Crippen molar-refractivity contribution in [2.24, 2.45) is 0 Å². The van der Waals surface area contributed by atoms with Crippen LogP contribution >= 0.6 is 0 Å². The van der Waals surface area contributed by atoms with E-state index in [0.717, 1.165) is 32.1 Å². The predicted octanol–water partition coefficient (Wildman–Crippen LogP) is 5.91. The Kier molecular flexibility index (Phi) is 18.8. The van der Waals surface area contributed by atoms with Gasteiger partial charge in [0.25, 0.3) is 0 Å². The second kappa shape index (κ2) is 19.5. The van der Waals surface area contributed by atoms with E-state index in [1.165, 1.54) is 57.8 Å². The molecular formula is C22H43NO2. The molecule has 0 aromatic heterocycles. The SMILES string of the molecule is CCCCCCC=CCCCCCCCC(=O)NC(CO)CCCC. The van der Waals surface area contributed by atoms with Crippen LogP contribution in [0.4, 0.5) is 0 Å². The van der Waals surface area contributed by atoms with Crippen molar-refractivity contribution in [1.82, 2.24) is 5.32 Å². The standard InChI is InChI=1S/C22H43NO2/c1-3-5-7-8-9-10-11-12-13-14-15-16-17-19-22(25)23-21(20-24)18-6-4-2/h10-11,21,24H,3-9,12-20H2,1-2H3,(H,23,25). The van der Waals surface area contributed by atoms with Gasteiger partial charge in [-0.15, -0.1) is 0 Å². The van der Waals surface area contributed by atoms with Crippen molar-refractivity contribution >= 4 is 5.91 Å². The molecule has 0 aliphatic rings. The summed E-state index contributed by atoms with van der Waals surface area (Å²) < 4.78 is 0. The van der Waals surface area contributed by atoms with Crippen LogP contribution in [-0.2, 0) is 4.79 Å². The van der Waals surface area contributed by atoms with E-state index in [1.807, 2.05) is 0 Å². The van der Waals surface area contributed by atoms with Gasteiger partial charge in [0.1, 0.15) is 0 Å². The Balaban J connectivity index is 3.39. The summed E-state index contributed by atoms with van der Waals surface area (Å²) >= 11 is 0. The van der Waals surface area contributed by atoms with Gasteiger partial charge in [0.2, 0.25) is 5.91 Å². The summed E-state index contributed by atoms with van der Waals surface area (Å²) in [7, 11) is 0. The quantitative estimate of drug-likeness (QED) is 0.238. The van der Waals surface area contributed by atoms with Crippen LogP contribution in [0.2, 0.25) is 0 Å². The molecule has 0 aliphatic carbocycles. The van der Waals surface area contributed by atoms with E-state index >= 15 is 0 Å². The van der Waals surface area contributed by atoms with Gasteiger partial charge >= 0.3 is 0 Å². The largest absolute Gasteiger partial charge is 0.394 e. The molecule has 0 aliphatic heterocycles. The van der Waals surface area contributed by atoms with Crippen LogP contribution in [0, 0.1) is 0 Å². The highest BCUT2D eigenvalue weighted by molar-refractivity contribution is 5.76. The molecule has 1 atom stereocenters. The Bertz CT molecular complexity index is 315. The number of aliphatic hydroxyl groups excluding tert-OH is 1. The van der Waals surface area contributed by atoms with Crippen molar-refractivity contribution in [2.45, 2.75) is 116 Å². The molecule has 148 valence electrons. The van der Waals surface area contributed by atoms with E-state index in [9.17, 15) is 9.90 Å². The zero-order valence-corrected chi connectivity index (χ0v) is 16.9. The smallest absolute Gasteiger partial charge is 0.220 e. The Morgan fingerprint density at radius 2 is 1.40 bits per heavy atom. The molecule has 25 heavy (non-hydrogen) atoms. The van der Waals surface area contributed by atoms with E-state index in [1.54, 1.807) is 0 Å². The molecule has 0 rings (SSSR count). The third-order valence-electron chi connectivity index (χ3n) is 4.66. The Morgan fingerprint density at radius 1 is 0.840 bits per heavy atom. The van der Waals surface area contributed by atoms with Gasteiger partial charge in [0.15, 0.2) is 0 Å². The maximum Gasteiger partial charge on any atom is 0.220 e. The summed E-state index contributed by atoms with van der Waals surface area (Å²) in [5.41, 5.74) is 0. The Hall–Kier alpha value is -0.830. The molecule has 3 nitrogen and oxygen atoms in total. The van der Waals surface area contributed by atoms with Gasteiger partial charge in [-0.25, -0.2) is 0 Å².